The summed E-state index contributed by atoms with van der Waals surface area (Å²) in [5, 5.41) is 12.9. The number of hydrogen-bond acceptors (Lipinski definition) is 6. The second kappa shape index (κ2) is 8.23. The summed E-state index contributed by atoms with van der Waals surface area (Å²) >= 11 is 1.35. The fraction of sp³-hybridized carbons (Fsp3) is 0.130. The molecule has 0 radical (unpaired) electrons. The van der Waals surface area contributed by atoms with Crippen LogP contribution in [0, 0.1) is 5.82 Å². The van der Waals surface area contributed by atoms with Gasteiger partial charge in [-0.3, -0.25) is 14.5 Å². The number of carbonyl (C=O) groups is 2. The molecule has 2 heterocycles. The van der Waals surface area contributed by atoms with Gasteiger partial charge in [-0.25, -0.2) is 4.39 Å². The minimum Gasteiger partial charge on any atom is -0.507 e. The minimum atomic E-state index is -0.849. The summed E-state index contributed by atoms with van der Waals surface area (Å²) in [6.45, 7) is 0. The number of ketones is 1. The lowest BCUT2D eigenvalue weighted by Gasteiger charge is -2.24. The Bertz CT molecular complexity index is 1170. The van der Waals surface area contributed by atoms with Crippen LogP contribution in [-0.4, -0.2) is 31.0 Å². The van der Waals surface area contributed by atoms with Crippen LogP contribution in [0.5, 0.6) is 11.5 Å². The van der Waals surface area contributed by atoms with Crippen molar-refractivity contribution in [3.63, 3.8) is 0 Å². The lowest BCUT2D eigenvalue weighted by atomic mass is 9.99. The Labute approximate surface area is 181 Å². The Morgan fingerprint density at radius 1 is 1.03 bits per heavy atom. The molecule has 4 rings (SSSR count). The van der Waals surface area contributed by atoms with E-state index in [1.165, 1.54) is 60.8 Å². The number of methoxy groups -OCH3 is 2. The molecule has 1 amide bonds. The smallest absolute Gasteiger partial charge is 0.300 e. The number of Topliss-reactive ketones (excluding diaryl/α,β-unsaturated/α-hetero) is 1. The number of anilines is 1. The minimum absolute atomic E-state index is 0.0519. The van der Waals surface area contributed by atoms with Crippen molar-refractivity contribution in [2.24, 2.45) is 0 Å². The monoisotopic (exact) mass is 439 g/mol. The number of nitrogens with zero attached hydrogens (tertiary/aromatic N) is 1. The molecule has 1 unspecified atom stereocenters. The van der Waals surface area contributed by atoms with E-state index in [1.807, 2.05) is 5.38 Å². The van der Waals surface area contributed by atoms with Crippen molar-refractivity contribution in [1.82, 2.24) is 0 Å². The number of carbonyl (C=O) groups excluding carboxylic acids is 2. The first kappa shape index (κ1) is 20.6. The van der Waals surface area contributed by atoms with Crippen LogP contribution in [0.3, 0.4) is 0 Å². The number of hydrogen-bond donors (Lipinski definition) is 1. The molecule has 2 aromatic carbocycles. The van der Waals surface area contributed by atoms with Crippen molar-refractivity contribution in [3.8, 4) is 11.5 Å². The SMILES string of the molecule is COc1ccc(/C(O)=C2/C(=O)C(=O)N(c3ccc(F)cc3)C2c2cccs2)cc1OC. The summed E-state index contributed by atoms with van der Waals surface area (Å²) in [7, 11) is 2.95. The number of aliphatic hydroxyl groups is 1. The third-order valence-electron chi connectivity index (χ3n) is 5.02. The Balaban J connectivity index is 1.90. The van der Waals surface area contributed by atoms with Gasteiger partial charge in [0, 0.05) is 16.1 Å². The molecular weight excluding hydrogens is 421 g/mol. The van der Waals surface area contributed by atoms with E-state index in [-0.39, 0.29) is 11.3 Å². The Hall–Kier alpha value is -3.65. The molecular formula is C23H18FNO5S. The fourth-order valence-electron chi connectivity index (χ4n) is 3.56. The Kier molecular flexibility index (Phi) is 5.48. The van der Waals surface area contributed by atoms with Gasteiger partial charge in [0.2, 0.25) is 0 Å². The number of aliphatic hydroxyl groups excluding tert-OH is 1. The molecule has 0 saturated carbocycles. The number of ether oxygens (including phenoxy) is 2. The van der Waals surface area contributed by atoms with Gasteiger partial charge in [-0.1, -0.05) is 6.07 Å². The van der Waals surface area contributed by atoms with Gasteiger partial charge in [0.1, 0.15) is 17.6 Å². The maximum Gasteiger partial charge on any atom is 0.300 e. The molecule has 3 aromatic rings. The average molecular weight is 439 g/mol. The van der Waals surface area contributed by atoms with Crippen molar-refractivity contribution in [1.29, 1.82) is 0 Å². The van der Waals surface area contributed by atoms with Gasteiger partial charge in [0.25, 0.3) is 11.7 Å². The maximum absolute atomic E-state index is 13.4. The highest BCUT2D eigenvalue weighted by Crippen LogP contribution is 2.44. The van der Waals surface area contributed by atoms with Gasteiger partial charge in [-0.05, 0) is 53.9 Å². The number of rotatable bonds is 5. The molecule has 1 aromatic heterocycles. The molecule has 1 aliphatic heterocycles. The fourth-order valence-corrected chi connectivity index (χ4v) is 4.38. The number of thiophene rings is 1. The van der Waals surface area contributed by atoms with Crippen molar-refractivity contribution in [2.75, 3.05) is 19.1 Å². The number of halogens is 1. The molecule has 6 nitrogen and oxygen atoms in total. The molecule has 1 saturated heterocycles. The van der Waals surface area contributed by atoms with Crippen LogP contribution in [-0.2, 0) is 9.59 Å². The molecule has 31 heavy (non-hydrogen) atoms. The van der Waals surface area contributed by atoms with E-state index in [0.717, 1.165) is 0 Å². The van der Waals surface area contributed by atoms with Crippen LogP contribution < -0.4 is 14.4 Å². The maximum atomic E-state index is 13.4. The first-order valence-electron chi connectivity index (χ1n) is 9.28. The van der Waals surface area contributed by atoms with E-state index in [1.54, 1.807) is 24.3 Å². The zero-order chi connectivity index (χ0) is 22.1. The van der Waals surface area contributed by atoms with E-state index in [4.69, 9.17) is 9.47 Å². The first-order valence-corrected chi connectivity index (χ1v) is 10.2. The van der Waals surface area contributed by atoms with E-state index in [0.29, 0.717) is 27.6 Å². The van der Waals surface area contributed by atoms with Crippen molar-refractivity contribution < 1.29 is 28.6 Å². The highest BCUT2D eigenvalue weighted by atomic mass is 32.1. The second-order valence-electron chi connectivity index (χ2n) is 6.73. The standard InChI is InChI=1S/C23H18FNO5S/c1-29-16-10-5-13(12-17(16)30-2)21(26)19-20(18-4-3-11-31-18)25(23(28)22(19)27)15-8-6-14(24)7-9-15/h3-12,20,26H,1-2H3/b21-19-. The van der Waals surface area contributed by atoms with E-state index >= 15 is 0 Å². The van der Waals surface area contributed by atoms with Gasteiger partial charge in [-0.2, -0.15) is 0 Å². The van der Waals surface area contributed by atoms with Crippen molar-refractivity contribution in [2.45, 2.75) is 6.04 Å². The molecule has 158 valence electrons. The van der Waals surface area contributed by atoms with Crippen LogP contribution in [0.4, 0.5) is 10.1 Å². The predicted molar refractivity (Wildman–Crippen MR) is 115 cm³/mol. The molecule has 0 spiro atoms. The van der Waals surface area contributed by atoms with E-state index in [9.17, 15) is 19.1 Å². The van der Waals surface area contributed by atoms with Crippen molar-refractivity contribution in [3.05, 3.63) is 81.8 Å². The summed E-state index contributed by atoms with van der Waals surface area (Å²) < 4.78 is 23.9. The van der Waals surface area contributed by atoms with E-state index in [2.05, 4.69) is 0 Å². The molecule has 1 fully saturated rings. The summed E-state index contributed by atoms with van der Waals surface area (Å²) in [6.07, 6.45) is 0. The summed E-state index contributed by atoms with van der Waals surface area (Å²) in [5.41, 5.74) is 0.605. The molecule has 8 heteroatoms. The highest BCUT2D eigenvalue weighted by molar-refractivity contribution is 7.10. The van der Waals surface area contributed by atoms with Crippen LogP contribution in [0.1, 0.15) is 16.5 Å². The normalized spacial score (nSPS) is 17.8. The highest BCUT2D eigenvalue weighted by Gasteiger charge is 2.47. The lowest BCUT2D eigenvalue weighted by Crippen LogP contribution is -2.29. The van der Waals surface area contributed by atoms with Crippen molar-refractivity contribution >= 4 is 34.5 Å². The van der Waals surface area contributed by atoms with Gasteiger partial charge in [0.05, 0.1) is 19.8 Å². The van der Waals surface area contributed by atoms with Gasteiger partial charge < -0.3 is 14.6 Å². The summed E-state index contributed by atoms with van der Waals surface area (Å²) in [6, 6.07) is 12.7. The van der Waals surface area contributed by atoms with Crippen LogP contribution >= 0.6 is 11.3 Å². The molecule has 1 aliphatic rings. The third kappa shape index (κ3) is 3.55. The quantitative estimate of drug-likeness (QED) is 0.359. The van der Waals surface area contributed by atoms with Crippen LogP contribution in [0.2, 0.25) is 0 Å². The third-order valence-corrected chi connectivity index (χ3v) is 5.94. The van der Waals surface area contributed by atoms with E-state index < -0.39 is 23.5 Å². The predicted octanol–water partition coefficient (Wildman–Crippen LogP) is 4.53. The number of benzene rings is 2. The van der Waals surface area contributed by atoms with Gasteiger partial charge >= 0.3 is 0 Å². The van der Waals surface area contributed by atoms with Gasteiger partial charge in [-0.15, -0.1) is 11.3 Å². The zero-order valence-corrected chi connectivity index (χ0v) is 17.5. The Morgan fingerprint density at radius 3 is 2.35 bits per heavy atom. The first-order chi connectivity index (χ1) is 15.0. The van der Waals surface area contributed by atoms with Crippen LogP contribution in [0.15, 0.2) is 65.6 Å². The second-order valence-corrected chi connectivity index (χ2v) is 7.71. The summed E-state index contributed by atoms with van der Waals surface area (Å²) in [5.74, 6) is -1.59. The molecule has 0 aliphatic carbocycles. The zero-order valence-electron chi connectivity index (χ0n) is 16.7. The molecule has 0 bridgehead atoms. The topological polar surface area (TPSA) is 76.1 Å². The average Bonchev–Trinajstić information content (AvgIpc) is 3.40. The Morgan fingerprint density at radius 2 is 1.74 bits per heavy atom. The largest absolute Gasteiger partial charge is 0.507 e. The lowest BCUT2D eigenvalue weighted by molar-refractivity contribution is -0.132. The van der Waals surface area contributed by atoms with Crippen LogP contribution in [0.25, 0.3) is 5.76 Å². The number of amides is 1. The van der Waals surface area contributed by atoms with Gasteiger partial charge in [0.15, 0.2) is 11.5 Å². The molecule has 1 N–H and O–H groups in total. The molecule has 1 atom stereocenters. The summed E-state index contributed by atoms with van der Waals surface area (Å²) in [4.78, 5) is 27.9.